The Hall–Kier alpha value is -4.06. The minimum absolute atomic E-state index is 0.0842. The third-order valence-corrected chi connectivity index (χ3v) is 6.58. The number of carbonyl (C=O) groups is 1. The Kier molecular flexibility index (Phi) is 6.27. The van der Waals surface area contributed by atoms with Crippen molar-refractivity contribution < 1.29 is 18.7 Å². The number of aryl methyl sites for hydroxylation is 2. The van der Waals surface area contributed by atoms with Gasteiger partial charge in [-0.25, -0.2) is 0 Å². The molecule has 1 amide bonds. The number of carbonyl (C=O) groups excluding carboxylic acids is 1. The van der Waals surface area contributed by atoms with Gasteiger partial charge in [-0.15, -0.1) is 0 Å². The second kappa shape index (κ2) is 9.53. The summed E-state index contributed by atoms with van der Waals surface area (Å²) in [5.41, 5.74) is 4.04. The zero-order chi connectivity index (χ0) is 25.4. The molecule has 0 spiro atoms. The Bertz CT molecular complexity index is 1490. The molecule has 0 saturated heterocycles. The van der Waals surface area contributed by atoms with E-state index in [4.69, 9.17) is 13.9 Å². The minimum atomic E-state index is -0.632. The molecule has 6 heteroatoms. The lowest BCUT2D eigenvalue weighted by Gasteiger charge is -2.25. The molecular formula is C30H29NO5. The van der Waals surface area contributed by atoms with E-state index in [0.29, 0.717) is 41.2 Å². The molecule has 1 unspecified atom stereocenters. The number of anilines is 1. The standard InChI is InChI=1S/C30H29NO5/c1-5-15-35-23-11-7-20(8-12-23)27-26-28(32)24-16-18(3)19(4)17-25(24)36-29(26)30(33)31(27)21-9-13-22(14-10-21)34-6-2/h7-14,16-17,27H,5-6,15H2,1-4H3. The predicted octanol–water partition coefficient (Wildman–Crippen LogP) is 6.35. The minimum Gasteiger partial charge on any atom is -0.494 e. The summed E-state index contributed by atoms with van der Waals surface area (Å²) in [5.74, 6) is 1.20. The van der Waals surface area contributed by atoms with Gasteiger partial charge in [-0.1, -0.05) is 19.1 Å². The lowest BCUT2D eigenvalue weighted by Crippen LogP contribution is -2.29. The maximum Gasteiger partial charge on any atom is 0.295 e. The Morgan fingerprint density at radius 3 is 2.17 bits per heavy atom. The average molecular weight is 484 g/mol. The highest BCUT2D eigenvalue weighted by Gasteiger charge is 2.43. The van der Waals surface area contributed by atoms with E-state index in [1.807, 2.05) is 81.4 Å². The summed E-state index contributed by atoms with van der Waals surface area (Å²) < 4.78 is 17.5. The van der Waals surface area contributed by atoms with Crippen molar-refractivity contribution >= 4 is 22.6 Å². The maximum absolute atomic E-state index is 13.9. The zero-order valence-electron chi connectivity index (χ0n) is 21.0. The van der Waals surface area contributed by atoms with Crippen LogP contribution in [0.2, 0.25) is 0 Å². The first-order valence-electron chi connectivity index (χ1n) is 12.3. The highest BCUT2D eigenvalue weighted by molar-refractivity contribution is 6.10. The van der Waals surface area contributed by atoms with Crippen molar-refractivity contribution in [2.75, 3.05) is 18.1 Å². The van der Waals surface area contributed by atoms with Crippen LogP contribution in [0, 0.1) is 13.8 Å². The van der Waals surface area contributed by atoms with Gasteiger partial charge in [0.15, 0.2) is 5.43 Å². The summed E-state index contributed by atoms with van der Waals surface area (Å²) in [6.45, 7) is 9.07. The SMILES string of the molecule is CCCOc1ccc(C2c3c(oc4cc(C)c(C)cc4c3=O)C(=O)N2c2ccc(OCC)cc2)cc1. The van der Waals surface area contributed by atoms with Crippen molar-refractivity contribution in [2.45, 2.75) is 40.2 Å². The second-order valence-electron chi connectivity index (χ2n) is 9.03. The van der Waals surface area contributed by atoms with E-state index in [2.05, 4.69) is 6.92 Å². The molecule has 0 aliphatic carbocycles. The van der Waals surface area contributed by atoms with Crippen molar-refractivity contribution in [2.24, 2.45) is 0 Å². The summed E-state index contributed by atoms with van der Waals surface area (Å²) in [6, 6.07) is 17.9. The molecule has 36 heavy (non-hydrogen) atoms. The van der Waals surface area contributed by atoms with Crippen LogP contribution >= 0.6 is 0 Å². The van der Waals surface area contributed by atoms with Crippen LogP contribution in [-0.4, -0.2) is 19.1 Å². The Morgan fingerprint density at radius 1 is 0.861 bits per heavy atom. The van der Waals surface area contributed by atoms with E-state index in [1.54, 1.807) is 4.90 Å². The van der Waals surface area contributed by atoms with Gasteiger partial charge in [0.1, 0.15) is 17.1 Å². The van der Waals surface area contributed by atoms with Crippen LogP contribution in [0.3, 0.4) is 0 Å². The third-order valence-electron chi connectivity index (χ3n) is 6.58. The predicted molar refractivity (Wildman–Crippen MR) is 140 cm³/mol. The van der Waals surface area contributed by atoms with Crippen molar-refractivity contribution in [3.63, 3.8) is 0 Å². The molecule has 4 aromatic rings. The fourth-order valence-corrected chi connectivity index (χ4v) is 4.65. The first kappa shape index (κ1) is 23.7. The molecule has 184 valence electrons. The summed E-state index contributed by atoms with van der Waals surface area (Å²) in [6.07, 6.45) is 0.908. The van der Waals surface area contributed by atoms with Gasteiger partial charge in [0.05, 0.1) is 30.2 Å². The molecular weight excluding hydrogens is 454 g/mol. The van der Waals surface area contributed by atoms with Gasteiger partial charge in [0.2, 0.25) is 5.76 Å². The van der Waals surface area contributed by atoms with Crippen LogP contribution in [0.4, 0.5) is 5.69 Å². The maximum atomic E-state index is 13.9. The average Bonchev–Trinajstić information content (AvgIpc) is 3.17. The van der Waals surface area contributed by atoms with Crippen molar-refractivity contribution in [1.82, 2.24) is 0 Å². The third kappa shape index (κ3) is 4.02. The molecule has 0 N–H and O–H groups in total. The van der Waals surface area contributed by atoms with Gasteiger partial charge in [-0.3, -0.25) is 14.5 Å². The molecule has 5 rings (SSSR count). The number of benzene rings is 3. The summed E-state index contributed by atoms with van der Waals surface area (Å²) in [5, 5.41) is 0.478. The molecule has 1 atom stereocenters. The van der Waals surface area contributed by atoms with E-state index in [-0.39, 0.29) is 17.1 Å². The molecule has 1 aliphatic heterocycles. The molecule has 0 radical (unpaired) electrons. The van der Waals surface area contributed by atoms with Gasteiger partial charge in [0, 0.05) is 5.69 Å². The normalized spacial score (nSPS) is 14.8. The van der Waals surface area contributed by atoms with E-state index in [0.717, 1.165) is 28.9 Å². The molecule has 0 fully saturated rings. The molecule has 0 saturated carbocycles. The molecule has 3 aromatic carbocycles. The number of ether oxygens (including phenoxy) is 2. The van der Waals surface area contributed by atoms with E-state index < -0.39 is 6.04 Å². The van der Waals surface area contributed by atoms with Gasteiger partial charge in [0.25, 0.3) is 5.91 Å². The monoisotopic (exact) mass is 483 g/mol. The first-order chi connectivity index (χ1) is 17.4. The number of hydrogen-bond acceptors (Lipinski definition) is 5. The lowest BCUT2D eigenvalue weighted by atomic mass is 9.97. The van der Waals surface area contributed by atoms with E-state index >= 15 is 0 Å². The summed E-state index contributed by atoms with van der Waals surface area (Å²) in [7, 11) is 0. The fraction of sp³-hybridized carbons (Fsp3) is 0.267. The Labute approximate surface area is 210 Å². The molecule has 1 aliphatic rings. The van der Waals surface area contributed by atoms with Crippen LogP contribution in [0.1, 0.15) is 59.1 Å². The van der Waals surface area contributed by atoms with Gasteiger partial charge < -0.3 is 13.9 Å². The van der Waals surface area contributed by atoms with Crippen molar-refractivity contribution in [3.8, 4) is 11.5 Å². The highest BCUT2D eigenvalue weighted by Crippen LogP contribution is 2.42. The number of rotatable bonds is 7. The quantitative estimate of drug-likeness (QED) is 0.306. The van der Waals surface area contributed by atoms with Crippen LogP contribution in [0.15, 0.2) is 69.9 Å². The number of fused-ring (bicyclic) bond motifs is 2. The summed E-state index contributed by atoms with van der Waals surface area (Å²) in [4.78, 5) is 29.3. The Balaban J connectivity index is 1.69. The fourth-order valence-electron chi connectivity index (χ4n) is 4.65. The second-order valence-corrected chi connectivity index (χ2v) is 9.03. The topological polar surface area (TPSA) is 69.0 Å². The zero-order valence-corrected chi connectivity index (χ0v) is 21.0. The smallest absolute Gasteiger partial charge is 0.295 e. The van der Waals surface area contributed by atoms with Crippen LogP contribution in [-0.2, 0) is 0 Å². The van der Waals surface area contributed by atoms with Crippen molar-refractivity contribution in [3.05, 3.63) is 98.9 Å². The first-order valence-corrected chi connectivity index (χ1v) is 12.3. The van der Waals surface area contributed by atoms with Crippen LogP contribution in [0.25, 0.3) is 11.0 Å². The molecule has 0 bridgehead atoms. The largest absolute Gasteiger partial charge is 0.494 e. The Morgan fingerprint density at radius 2 is 1.50 bits per heavy atom. The molecule has 2 heterocycles. The number of hydrogen-bond donors (Lipinski definition) is 0. The van der Waals surface area contributed by atoms with Crippen LogP contribution in [0.5, 0.6) is 11.5 Å². The lowest BCUT2D eigenvalue weighted by molar-refractivity contribution is 0.0971. The van der Waals surface area contributed by atoms with Gasteiger partial charge in [-0.05, 0) is 92.4 Å². The molecule has 1 aromatic heterocycles. The molecule has 6 nitrogen and oxygen atoms in total. The number of nitrogens with zero attached hydrogens (tertiary/aromatic N) is 1. The van der Waals surface area contributed by atoms with Gasteiger partial charge in [-0.2, -0.15) is 0 Å². The van der Waals surface area contributed by atoms with Crippen molar-refractivity contribution in [1.29, 1.82) is 0 Å². The number of amides is 1. The van der Waals surface area contributed by atoms with E-state index in [9.17, 15) is 9.59 Å². The van der Waals surface area contributed by atoms with Crippen LogP contribution < -0.4 is 19.8 Å². The van der Waals surface area contributed by atoms with E-state index in [1.165, 1.54) is 0 Å². The van der Waals surface area contributed by atoms with Gasteiger partial charge >= 0.3 is 0 Å². The highest BCUT2D eigenvalue weighted by atomic mass is 16.5. The summed E-state index contributed by atoms with van der Waals surface area (Å²) >= 11 is 0.